The minimum atomic E-state index is -0.448. The maximum Gasteiger partial charge on any atom is 0.344 e. The van der Waals surface area contributed by atoms with Crippen LogP contribution < -0.4 is 4.90 Å². The number of aromatic hydroxyl groups is 1. The summed E-state index contributed by atoms with van der Waals surface area (Å²) in [5.41, 5.74) is 6.11. The number of ether oxygens (including phenoxy) is 2. The lowest BCUT2D eigenvalue weighted by Crippen LogP contribution is -2.45. The van der Waals surface area contributed by atoms with Gasteiger partial charge in [0.05, 0.1) is 0 Å². The molecule has 0 bridgehead atoms. The van der Waals surface area contributed by atoms with Crippen LogP contribution in [0.25, 0.3) is 0 Å². The van der Waals surface area contributed by atoms with Crippen LogP contribution in [0, 0.1) is 24.2 Å². The van der Waals surface area contributed by atoms with Crippen molar-refractivity contribution in [2.75, 3.05) is 36.4 Å². The van der Waals surface area contributed by atoms with E-state index in [-0.39, 0.29) is 30.5 Å². The largest absolute Gasteiger partial charge is 0.508 e. The Balaban J connectivity index is 1.06. The number of rotatable bonds is 12. The number of hydrogen-bond donors (Lipinski definition) is 1. The van der Waals surface area contributed by atoms with Gasteiger partial charge in [0.25, 0.3) is 0 Å². The molecule has 1 N–H and O–H groups in total. The molecule has 0 saturated heterocycles. The van der Waals surface area contributed by atoms with E-state index in [4.69, 9.17) is 32.7 Å². The summed E-state index contributed by atoms with van der Waals surface area (Å²) in [5.74, 6) is 2.21. The first-order valence-electron chi connectivity index (χ1n) is 15.9. The highest BCUT2D eigenvalue weighted by molar-refractivity contribution is 6.18. The van der Waals surface area contributed by atoms with Crippen molar-refractivity contribution in [3.8, 4) is 5.75 Å². The quantitative estimate of drug-likeness (QED) is 0.196. The molecule has 2 aromatic rings. The van der Waals surface area contributed by atoms with Crippen LogP contribution in [0.4, 0.5) is 5.69 Å². The van der Waals surface area contributed by atoms with Crippen LogP contribution in [-0.2, 0) is 31.9 Å². The summed E-state index contributed by atoms with van der Waals surface area (Å²) >= 11 is 11.8. The van der Waals surface area contributed by atoms with Gasteiger partial charge in [-0.3, -0.25) is 4.79 Å². The van der Waals surface area contributed by atoms with Crippen LogP contribution in [0.15, 0.2) is 36.4 Å². The Hall–Kier alpha value is -2.44. The summed E-state index contributed by atoms with van der Waals surface area (Å²) in [6, 6.07) is 12.1. The van der Waals surface area contributed by atoms with Gasteiger partial charge in [-0.05, 0) is 123 Å². The van der Waals surface area contributed by atoms with Crippen LogP contribution in [0.1, 0.15) is 80.0 Å². The number of aryl methyl sites for hydroxylation is 3. The molecule has 0 spiro atoms. The van der Waals surface area contributed by atoms with Crippen molar-refractivity contribution in [1.29, 1.82) is 0 Å². The van der Waals surface area contributed by atoms with Crippen molar-refractivity contribution >= 4 is 40.8 Å². The number of carbonyl (C=O) groups is 2. The number of phenols is 1. The summed E-state index contributed by atoms with van der Waals surface area (Å²) in [7, 11) is 0. The molecule has 0 radical (unpaired) electrons. The van der Waals surface area contributed by atoms with Crippen LogP contribution in [-0.4, -0.2) is 54.6 Å². The minimum absolute atomic E-state index is 0.0519. The number of halogens is 2. The lowest BCUT2D eigenvalue weighted by Gasteiger charge is -2.50. The summed E-state index contributed by atoms with van der Waals surface area (Å²) in [5, 5.41) is 10.1. The number of phenolic OH excluding ortho intramolecular Hbond substituents is 1. The monoisotopic (exact) mass is 629 g/mol. The average molecular weight is 631 g/mol. The number of hydrogen-bond acceptors (Lipinski definition) is 6. The lowest BCUT2D eigenvalue weighted by molar-refractivity contribution is -0.168. The summed E-state index contributed by atoms with van der Waals surface area (Å²) in [6.07, 6.45) is 7.61. The zero-order valence-corrected chi connectivity index (χ0v) is 27.0. The maximum absolute atomic E-state index is 12.8. The molecular weight excluding hydrogens is 585 g/mol. The number of anilines is 1. The molecule has 0 amide bonds. The fraction of sp³-hybridized carbons (Fsp3) is 0.600. The molecule has 234 valence electrons. The Morgan fingerprint density at radius 2 is 1.77 bits per heavy atom. The zero-order chi connectivity index (χ0) is 30.6. The van der Waals surface area contributed by atoms with Gasteiger partial charge in [-0.2, -0.15) is 0 Å². The van der Waals surface area contributed by atoms with E-state index < -0.39 is 5.97 Å². The molecule has 5 rings (SSSR count). The van der Waals surface area contributed by atoms with Crippen LogP contribution >= 0.6 is 23.2 Å². The van der Waals surface area contributed by atoms with E-state index in [1.807, 2.05) is 12.1 Å². The highest BCUT2D eigenvalue weighted by Gasteiger charge is 2.56. The molecule has 0 aliphatic heterocycles. The van der Waals surface area contributed by atoms with Crippen molar-refractivity contribution in [3.05, 3.63) is 58.7 Å². The second-order valence-electron chi connectivity index (χ2n) is 12.9. The van der Waals surface area contributed by atoms with Crippen molar-refractivity contribution < 1.29 is 24.2 Å². The summed E-state index contributed by atoms with van der Waals surface area (Å²) < 4.78 is 11.3. The smallest absolute Gasteiger partial charge is 0.344 e. The van der Waals surface area contributed by atoms with Gasteiger partial charge in [-0.15, -0.1) is 23.2 Å². The number of fused-ring (bicyclic) bond motifs is 5. The van der Waals surface area contributed by atoms with Crippen LogP contribution in [0.2, 0.25) is 0 Å². The van der Waals surface area contributed by atoms with Crippen LogP contribution in [0.5, 0.6) is 5.75 Å². The molecular formula is C35H45Cl2NO5. The predicted octanol–water partition coefficient (Wildman–Crippen LogP) is 7.32. The predicted molar refractivity (Wildman–Crippen MR) is 171 cm³/mol. The molecule has 6 nitrogen and oxygen atoms in total. The van der Waals surface area contributed by atoms with Gasteiger partial charge in [0.2, 0.25) is 0 Å². The number of carbonyl (C=O) groups excluding carboxylic acids is 2. The van der Waals surface area contributed by atoms with Gasteiger partial charge < -0.3 is 19.5 Å². The third-order valence-electron chi connectivity index (χ3n) is 10.4. The van der Waals surface area contributed by atoms with Crippen molar-refractivity contribution in [3.63, 3.8) is 0 Å². The van der Waals surface area contributed by atoms with Crippen LogP contribution in [0.3, 0.4) is 0 Å². The Bertz CT molecular complexity index is 1280. The molecule has 0 unspecified atom stereocenters. The first-order chi connectivity index (χ1) is 20.7. The average Bonchev–Trinajstić information content (AvgIpc) is 3.31. The topological polar surface area (TPSA) is 76.1 Å². The molecule has 5 atom stereocenters. The van der Waals surface area contributed by atoms with Gasteiger partial charge >= 0.3 is 11.9 Å². The molecule has 43 heavy (non-hydrogen) atoms. The normalized spacial score (nSPS) is 25.8. The molecule has 2 fully saturated rings. The number of nitrogens with zero attached hydrogens (tertiary/aromatic N) is 1. The standard InChI is InChI=1S/C35H45Cl2NO5/c1-23-20-27(39)21-25-8-11-28-29(34(23)25)14-15-35(2)30(28)12-13-31(35)43-33(41)22-42-32(40)5-3-4-24-6-9-26(10-7-24)38(18-16-36)19-17-37/h6-7,9-10,20-21,28-31,39H,3-5,8,11-19,22H2,1-2H3/t28-,29+,30+,31+,35+/m1/s1. The second kappa shape index (κ2) is 14.1. The van der Waals surface area contributed by atoms with Gasteiger partial charge in [0, 0.05) is 42.4 Å². The highest BCUT2D eigenvalue weighted by atomic mass is 35.5. The van der Waals surface area contributed by atoms with E-state index in [1.165, 1.54) is 16.7 Å². The Labute approximate surface area is 266 Å². The first kappa shape index (κ1) is 32.0. The summed E-state index contributed by atoms with van der Waals surface area (Å²) in [4.78, 5) is 27.3. The number of benzene rings is 2. The van der Waals surface area contributed by atoms with E-state index in [1.54, 1.807) is 0 Å². The third kappa shape index (κ3) is 7.12. The Morgan fingerprint density at radius 3 is 2.49 bits per heavy atom. The van der Waals surface area contributed by atoms with E-state index in [0.717, 1.165) is 69.3 Å². The van der Waals surface area contributed by atoms with E-state index in [9.17, 15) is 14.7 Å². The lowest BCUT2D eigenvalue weighted by atomic mass is 9.55. The zero-order valence-electron chi connectivity index (χ0n) is 25.5. The third-order valence-corrected chi connectivity index (χ3v) is 10.7. The molecule has 3 aliphatic rings. The van der Waals surface area contributed by atoms with Gasteiger partial charge in [0.1, 0.15) is 11.9 Å². The summed E-state index contributed by atoms with van der Waals surface area (Å²) in [6.45, 7) is 5.57. The molecule has 0 aromatic heterocycles. The molecule has 2 saturated carbocycles. The molecule has 3 aliphatic carbocycles. The first-order valence-corrected chi connectivity index (χ1v) is 16.9. The van der Waals surface area contributed by atoms with Gasteiger partial charge in [0.15, 0.2) is 6.61 Å². The minimum Gasteiger partial charge on any atom is -0.508 e. The van der Waals surface area contributed by atoms with E-state index in [0.29, 0.717) is 41.7 Å². The Morgan fingerprint density at radius 1 is 1.02 bits per heavy atom. The Kier molecular flexibility index (Phi) is 10.5. The van der Waals surface area contributed by atoms with E-state index in [2.05, 4.69) is 43.0 Å². The van der Waals surface area contributed by atoms with Crippen molar-refractivity contribution in [1.82, 2.24) is 0 Å². The molecule has 2 aromatic carbocycles. The fourth-order valence-electron chi connectivity index (χ4n) is 8.39. The highest BCUT2D eigenvalue weighted by Crippen LogP contribution is 2.62. The molecule has 8 heteroatoms. The SMILES string of the molecule is Cc1cc(O)cc2c1[C@H]1CC[C@]3(C)[C@@H](OC(=O)COC(=O)CCCc4ccc(N(CCCl)CCCl)cc4)CC[C@H]3[C@@H]1CC2. The number of esters is 2. The van der Waals surface area contributed by atoms with Gasteiger partial charge in [-0.1, -0.05) is 19.1 Å². The number of alkyl halides is 2. The molecule has 0 heterocycles. The maximum atomic E-state index is 12.8. The van der Waals surface area contributed by atoms with Crippen molar-refractivity contribution in [2.45, 2.75) is 83.7 Å². The fourth-order valence-corrected chi connectivity index (χ4v) is 8.80. The second-order valence-corrected chi connectivity index (χ2v) is 13.7. The van der Waals surface area contributed by atoms with Gasteiger partial charge in [-0.25, -0.2) is 4.79 Å². The van der Waals surface area contributed by atoms with E-state index >= 15 is 0 Å². The van der Waals surface area contributed by atoms with Crippen molar-refractivity contribution in [2.24, 2.45) is 17.3 Å².